The summed E-state index contributed by atoms with van der Waals surface area (Å²) in [7, 11) is 0. The van der Waals surface area contributed by atoms with Crippen LogP contribution in [0.2, 0.25) is 0 Å². The van der Waals surface area contributed by atoms with Crippen LogP contribution in [0.4, 0.5) is 0 Å². The Labute approximate surface area is 54.0 Å². The standard InChI is InChI=1S/C7H7NO/c1-8-6-4-2-3-5-7(6)9/h4H,2-3,5H2. The van der Waals surface area contributed by atoms with Gasteiger partial charge in [0.2, 0.25) is 5.70 Å². The van der Waals surface area contributed by atoms with Crippen molar-refractivity contribution in [2.24, 2.45) is 0 Å². The highest BCUT2D eigenvalue weighted by atomic mass is 16.1. The Kier molecular flexibility index (Phi) is 1.64. The molecule has 0 atom stereocenters. The zero-order valence-electron chi connectivity index (χ0n) is 5.05. The van der Waals surface area contributed by atoms with Gasteiger partial charge in [-0.15, -0.1) is 0 Å². The summed E-state index contributed by atoms with van der Waals surface area (Å²) < 4.78 is 0. The van der Waals surface area contributed by atoms with Gasteiger partial charge in [0.05, 0.1) is 6.57 Å². The molecule has 0 N–H and O–H groups in total. The van der Waals surface area contributed by atoms with Crippen LogP contribution in [0.1, 0.15) is 19.3 Å². The van der Waals surface area contributed by atoms with E-state index in [9.17, 15) is 4.79 Å². The maximum Gasteiger partial charge on any atom is 0.225 e. The Bertz CT molecular complexity index is 197. The Morgan fingerprint density at radius 3 is 2.89 bits per heavy atom. The summed E-state index contributed by atoms with van der Waals surface area (Å²) in [6.45, 7) is 6.56. The molecule has 0 amide bonds. The highest BCUT2D eigenvalue weighted by Crippen LogP contribution is 2.13. The van der Waals surface area contributed by atoms with Gasteiger partial charge >= 0.3 is 0 Å². The van der Waals surface area contributed by atoms with E-state index in [0.717, 1.165) is 12.8 Å². The third-order valence-corrected chi connectivity index (χ3v) is 1.35. The summed E-state index contributed by atoms with van der Waals surface area (Å²) in [6, 6.07) is 0. The molecule has 0 heterocycles. The van der Waals surface area contributed by atoms with E-state index in [-0.39, 0.29) is 5.78 Å². The van der Waals surface area contributed by atoms with Crippen LogP contribution >= 0.6 is 0 Å². The van der Waals surface area contributed by atoms with Crippen molar-refractivity contribution in [3.8, 4) is 0 Å². The minimum atomic E-state index is 0.0104. The average molecular weight is 121 g/mol. The van der Waals surface area contributed by atoms with Crippen LogP contribution in [0.5, 0.6) is 0 Å². The third kappa shape index (κ3) is 1.17. The molecule has 46 valence electrons. The lowest BCUT2D eigenvalue weighted by molar-refractivity contribution is -0.115. The molecule has 1 aliphatic rings. The second kappa shape index (κ2) is 2.45. The van der Waals surface area contributed by atoms with Crippen molar-refractivity contribution >= 4 is 5.78 Å². The molecule has 1 aliphatic carbocycles. The Hall–Kier alpha value is -1.10. The molecule has 0 spiro atoms. The van der Waals surface area contributed by atoms with E-state index in [4.69, 9.17) is 6.57 Å². The fraction of sp³-hybridized carbons (Fsp3) is 0.429. The monoisotopic (exact) mass is 121 g/mol. The first-order valence-electron chi connectivity index (χ1n) is 2.95. The topological polar surface area (TPSA) is 21.4 Å². The molecule has 9 heavy (non-hydrogen) atoms. The number of ketones is 1. The van der Waals surface area contributed by atoms with Gasteiger partial charge in [-0.05, 0) is 12.8 Å². The first-order chi connectivity index (χ1) is 4.34. The summed E-state index contributed by atoms with van der Waals surface area (Å²) in [5.41, 5.74) is 0.334. The number of nitrogens with zero attached hydrogens (tertiary/aromatic N) is 1. The van der Waals surface area contributed by atoms with Gasteiger partial charge in [0, 0.05) is 6.42 Å². The number of Topliss-reactive ketones (excluding diaryl/α,β-unsaturated/α-hetero) is 1. The van der Waals surface area contributed by atoms with Gasteiger partial charge in [0.1, 0.15) is 0 Å². The molecular weight excluding hydrogens is 114 g/mol. The molecule has 0 aromatic rings. The number of rotatable bonds is 0. The quantitative estimate of drug-likeness (QED) is 0.445. The van der Waals surface area contributed by atoms with Gasteiger partial charge in [0.25, 0.3) is 0 Å². The van der Waals surface area contributed by atoms with Crippen molar-refractivity contribution in [1.82, 2.24) is 0 Å². The highest BCUT2D eigenvalue weighted by Gasteiger charge is 2.11. The smallest absolute Gasteiger partial charge is 0.225 e. The van der Waals surface area contributed by atoms with Crippen LogP contribution in [0.25, 0.3) is 4.85 Å². The van der Waals surface area contributed by atoms with Gasteiger partial charge in [-0.1, -0.05) is 6.08 Å². The van der Waals surface area contributed by atoms with E-state index < -0.39 is 0 Å². The zero-order valence-corrected chi connectivity index (χ0v) is 5.05. The normalized spacial score (nSPS) is 18.6. The number of carbonyl (C=O) groups excluding carboxylic acids is 1. The summed E-state index contributed by atoms with van der Waals surface area (Å²) in [4.78, 5) is 13.8. The zero-order chi connectivity index (χ0) is 6.69. The summed E-state index contributed by atoms with van der Waals surface area (Å²) in [6.07, 6.45) is 4.09. The lowest BCUT2D eigenvalue weighted by Crippen LogP contribution is -2.03. The summed E-state index contributed by atoms with van der Waals surface area (Å²) in [5, 5.41) is 0. The SMILES string of the molecule is [C-]#[N+]C1=CCCCC1=O. The number of carbonyl (C=O) groups is 1. The van der Waals surface area contributed by atoms with Crippen LogP contribution in [-0.4, -0.2) is 5.78 Å². The van der Waals surface area contributed by atoms with Gasteiger partial charge < -0.3 is 4.79 Å². The molecule has 0 saturated heterocycles. The van der Waals surface area contributed by atoms with Gasteiger partial charge in [-0.3, -0.25) is 0 Å². The van der Waals surface area contributed by atoms with E-state index in [1.165, 1.54) is 0 Å². The van der Waals surface area contributed by atoms with E-state index >= 15 is 0 Å². The van der Waals surface area contributed by atoms with E-state index in [0.29, 0.717) is 12.1 Å². The Balaban J connectivity index is 2.79. The minimum Gasteiger partial charge on any atom is -0.308 e. The van der Waals surface area contributed by atoms with Crippen LogP contribution in [0.3, 0.4) is 0 Å². The fourth-order valence-electron chi connectivity index (χ4n) is 0.851. The fourth-order valence-corrected chi connectivity index (χ4v) is 0.851. The number of hydrogen-bond donors (Lipinski definition) is 0. The van der Waals surface area contributed by atoms with Crippen molar-refractivity contribution in [3.63, 3.8) is 0 Å². The van der Waals surface area contributed by atoms with E-state index in [1.54, 1.807) is 6.08 Å². The van der Waals surface area contributed by atoms with Gasteiger partial charge in [-0.2, -0.15) is 0 Å². The van der Waals surface area contributed by atoms with Crippen molar-refractivity contribution in [1.29, 1.82) is 0 Å². The molecule has 1 rings (SSSR count). The molecule has 0 aliphatic heterocycles. The first kappa shape index (κ1) is 6.03. The van der Waals surface area contributed by atoms with Crippen LogP contribution in [0.15, 0.2) is 11.8 Å². The molecule has 2 nitrogen and oxygen atoms in total. The van der Waals surface area contributed by atoms with Crippen molar-refractivity contribution < 1.29 is 4.79 Å². The van der Waals surface area contributed by atoms with Crippen LogP contribution in [-0.2, 0) is 4.79 Å². The molecule has 2 heteroatoms. The van der Waals surface area contributed by atoms with E-state index in [1.807, 2.05) is 0 Å². The Morgan fingerprint density at radius 1 is 1.67 bits per heavy atom. The number of allylic oxidation sites excluding steroid dienone is 2. The second-order valence-electron chi connectivity index (χ2n) is 2.02. The largest absolute Gasteiger partial charge is 0.308 e. The minimum absolute atomic E-state index is 0.0104. The van der Waals surface area contributed by atoms with Gasteiger partial charge in [-0.25, -0.2) is 4.85 Å². The molecule has 0 saturated carbocycles. The molecule has 0 unspecified atom stereocenters. The van der Waals surface area contributed by atoms with Crippen LogP contribution in [0, 0.1) is 6.57 Å². The predicted molar refractivity (Wildman–Crippen MR) is 33.5 cm³/mol. The molecule has 0 aromatic carbocycles. The predicted octanol–water partition coefficient (Wildman–Crippen LogP) is 1.54. The molecule has 0 aromatic heterocycles. The van der Waals surface area contributed by atoms with Gasteiger partial charge in [0.15, 0.2) is 5.78 Å². The second-order valence-corrected chi connectivity index (χ2v) is 2.02. The summed E-state index contributed by atoms with van der Waals surface area (Å²) >= 11 is 0. The molecule has 0 radical (unpaired) electrons. The Morgan fingerprint density at radius 2 is 2.44 bits per heavy atom. The number of hydrogen-bond acceptors (Lipinski definition) is 1. The third-order valence-electron chi connectivity index (χ3n) is 1.35. The van der Waals surface area contributed by atoms with Crippen molar-refractivity contribution in [3.05, 3.63) is 23.2 Å². The summed E-state index contributed by atoms with van der Waals surface area (Å²) in [5.74, 6) is 0.0104. The average Bonchev–Trinajstić information content (AvgIpc) is 1.89. The maximum absolute atomic E-state index is 10.7. The van der Waals surface area contributed by atoms with Crippen molar-refractivity contribution in [2.45, 2.75) is 19.3 Å². The lowest BCUT2D eigenvalue weighted by atomic mass is 10.0. The van der Waals surface area contributed by atoms with Crippen molar-refractivity contribution in [2.75, 3.05) is 0 Å². The molecule has 0 bridgehead atoms. The first-order valence-corrected chi connectivity index (χ1v) is 2.95. The molecule has 0 fully saturated rings. The lowest BCUT2D eigenvalue weighted by Gasteiger charge is -2.02. The highest BCUT2D eigenvalue weighted by molar-refractivity contribution is 5.97. The molecular formula is C7H7NO. The van der Waals surface area contributed by atoms with E-state index in [2.05, 4.69) is 4.85 Å². The van der Waals surface area contributed by atoms with Crippen LogP contribution < -0.4 is 0 Å². The maximum atomic E-state index is 10.7.